The van der Waals surface area contributed by atoms with Gasteiger partial charge in [-0.25, -0.2) is 4.98 Å². The van der Waals surface area contributed by atoms with E-state index in [9.17, 15) is 9.59 Å². The lowest BCUT2D eigenvalue weighted by Crippen LogP contribution is -2.29. The Kier molecular flexibility index (Phi) is 3.79. The lowest BCUT2D eigenvalue weighted by atomic mass is 10.2. The van der Waals surface area contributed by atoms with E-state index < -0.39 is 6.04 Å². The highest BCUT2D eigenvalue weighted by Gasteiger charge is 2.14. The van der Waals surface area contributed by atoms with Gasteiger partial charge in [0.1, 0.15) is 0 Å². The molecule has 76 valence electrons. The smallest absolute Gasteiger partial charge is 0.267 e. The summed E-state index contributed by atoms with van der Waals surface area (Å²) >= 11 is 1.91. The number of rotatable bonds is 3. The second kappa shape index (κ2) is 4.68. The molecular weight excluding hydrogens is 295 g/mol. The van der Waals surface area contributed by atoms with Crippen LogP contribution in [-0.2, 0) is 4.79 Å². The Bertz CT molecular complexity index is 400. The Balaban J connectivity index is 3.14. The van der Waals surface area contributed by atoms with Crippen molar-refractivity contribution in [3.63, 3.8) is 0 Å². The molecule has 1 unspecified atom stereocenters. The van der Waals surface area contributed by atoms with Gasteiger partial charge in [0.25, 0.3) is 5.56 Å². The summed E-state index contributed by atoms with van der Waals surface area (Å²) in [5.41, 5.74) is -0.157. The minimum absolute atomic E-state index is 0.0379. The fourth-order valence-corrected chi connectivity index (χ4v) is 1.57. The standard InChI is InChI=1S/C9H11IN2O2/c1-3-8(13)6(2)12-5-11-4-7(10)9(12)14/h4-6H,3H2,1-2H3. The van der Waals surface area contributed by atoms with Crippen LogP contribution in [-0.4, -0.2) is 15.3 Å². The van der Waals surface area contributed by atoms with Crippen LogP contribution < -0.4 is 5.56 Å². The van der Waals surface area contributed by atoms with Crippen LogP contribution in [0.5, 0.6) is 0 Å². The average molecular weight is 306 g/mol. The Labute approximate surface area is 95.5 Å². The highest BCUT2D eigenvalue weighted by atomic mass is 127. The number of hydrogen-bond donors (Lipinski definition) is 0. The molecule has 5 heteroatoms. The van der Waals surface area contributed by atoms with E-state index >= 15 is 0 Å². The van der Waals surface area contributed by atoms with Crippen molar-refractivity contribution in [1.29, 1.82) is 0 Å². The van der Waals surface area contributed by atoms with Gasteiger partial charge in [0, 0.05) is 12.6 Å². The summed E-state index contributed by atoms with van der Waals surface area (Å²) in [4.78, 5) is 26.9. The Morgan fingerprint density at radius 1 is 1.71 bits per heavy atom. The van der Waals surface area contributed by atoms with Crippen LogP contribution in [0.15, 0.2) is 17.3 Å². The largest absolute Gasteiger partial charge is 0.297 e. The van der Waals surface area contributed by atoms with E-state index in [1.807, 2.05) is 22.6 Å². The lowest BCUT2D eigenvalue weighted by molar-refractivity contribution is -0.121. The van der Waals surface area contributed by atoms with Gasteiger partial charge in [-0.05, 0) is 29.5 Å². The third kappa shape index (κ3) is 2.20. The number of hydrogen-bond acceptors (Lipinski definition) is 3. The summed E-state index contributed by atoms with van der Waals surface area (Å²) in [6.07, 6.45) is 3.32. The summed E-state index contributed by atoms with van der Waals surface area (Å²) in [5, 5.41) is 0. The summed E-state index contributed by atoms with van der Waals surface area (Å²) in [6, 6.07) is -0.422. The minimum atomic E-state index is -0.422. The average Bonchev–Trinajstić information content (AvgIpc) is 2.20. The Morgan fingerprint density at radius 2 is 2.36 bits per heavy atom. The van der Waals surface area contributed by atoms with Gasteiger partial charge in [-0.2, -0.15) is 0 Å². The zero-order chi connectivity index (χ0) is 10.7. The molecule has 0 aliphatic carbocycles. The SMILES string of the molecule is CCC(=O)C(C)n1cncc(I)c1=O. The van der Waals surface area contributed by atoms with Crippen molar-refractivity contribution in [2.75, 3.05) is 0 Å². The highest BCUT2D eigenvalue weighted by Crippen LogP contribution is 2.06. The zero-order valence-corrected chi connectivity index (χ0v) is 10.2. The Morgan fingerprint density at radius 3 is 2.93 bits per heavy atom. The first-order valence-electron chi connectivity index (χ1n) is 4.32. The second-order valence-corrected chi connectivity index (χ2v) is 4.11. The molecule has 0 aliphatic rings. The van der Waals surface area contributed by atoms with Crippen molar-refractivity contribution in [2.45, 2.75) is 26.3 Å². The molecule has 0 spiro atoms. The maximum Gasteiger partial charge on any atom is 0.267 e. The topological polar surface area (TPSA) is 52.0 Å². The van der Waals surface area contributed by atoms with Crippen LogP contribution in [0, 0.1) is 3.57 Å². The van der Waals surface area contributed by atoms with Crippen LogP contribution in [0.4, 0.5) is 0 Å². The minimum Gasteiger partial charge on any atom is -0.297 e. The molecule has 0 N–H and O–H groups in total. The van der Waals surface area contributed by atoms with Crippen molar-refractivity contribution in [3.05, 3.63) is 26.4 Å². The molecule has 1 heterocycles. The number of halogens is 1. The van der Waals surface area contributed by atoms with Crippen molar-refractivity contribution >= 4 is 28.4 Å². The van der Waals surface area contributed by atoms with Crippen LogP contribution in [0.1, 0.15) is 26.3 Å². The van der Waals surface area contributed by atoms with Gasteiger partial charge in [-0.1, -0.05) is 6.92 Å². The summed E-state index contributed by atoms with van der Waals surface area (Å²) in [5.74, 6) is 0.0379. The first kappa shape index (κ1) is 11.4. The van der Waals surface area contributed by atoms with Gasteiger partial charge < -0.3 is 0 Å². The van der Waals surface area contributed by atoms with Gasteiger partial charge in [0.05, 0.1) is 15.9 Å². The molecule has 0 amide bonds. The van der Waals surface area contributed by atoms with E-state index in [1.165, 1.54) is 17.1 Å². The monoisotopic (exact) mass is 306 g/mol. The molecule has 4 nitrogen and oxygen atoms in total. The predicted molar refractivity (Wildman–Crippen MR) is 61.2 cm³/mol. The molecule has 0 aromatic carbocycles. The van der Waals surface area contributed by atoms with Crippen LogP contribution >= 0.6 is 22.6 Å². The second-order valence-electron chi connectivity index (χ2n) is 2.95. The molecular formula is C9H11IN2O2. The summed E-state index contributed by atoms with van der Waals surface area (Å²) in [7, 11) is 0. The van der Waals surface area contributed by atoms with E-state index in [2.05, 4.69) is 4.98 Å². The highest BCUT2D eigenvalue weighted by molar-refractivity contribution is 14.1. The molecule has 1 atom stereocenters. The molecule has 1 aromatic heterocycles. The number of Topliss-reactive ketones (excluding diaryl/α,β-unsaturated/α-hetero) is 1. The number of nitrogens with zero attached hydrogens (tertiary/aromatic N) is 2. The Hall–Kier alpha value is -0.720. The normalized spacial score (nSPS) is 12.5. The quantitative estimate of drug-likeness (QED) is 0.793. The molecule has 0 saturated carbocycles. The molecule has 1 aromatic rings. The van der Waals surface area contributed by atoms with Gasteiger partial charge in [-0.15, -0.1) is 0 Å². The van der Waals surface area contributed by atoms with E-state index in [0.717, 1.165) is 0 Å². The van der Waals surface area contributed by atoms with Gasteiger partial charge in [0.2, 0.25) is 0 Å². The third-order valence-electron chi connectivity index (χ3n) is 2.05. The van der Waals surface area contributed by atoms with Gasteiger partial charge in [-0.3, -0.25) is 14.2 Å². The van der Waals surface area contributed by atoms with Crippen molar-refractivity contribution in [2.24, 2.45) is 0 Å². The zero-order valence-electron chi connectivity index (χ0n) is 8.03. The first-order valence-corrected chi connectivity index (χ1v) is 5.40. The number of carbonyl (C=O) groups is 1. The van der Waals surface area contributed by atoms with E-state index in [1.54, 1.807) is 13.8 Å². The van der Waals surface area contributed by atoms with E-state index in [0.29, 0.717) is 9.99 Å². The van der Waals surface area contributed by atoms with Crippen LogP contribution in [0.2, 0.25) is 0 Å². The van der Waals surface area contributed by atoms with E-state index in [4.69, 9.17) is 0 Å². The van der Waals surface area contributed by atoms with Gasteiger partial charge >= 0.3 is 0 Å². The van der Waals surface area contributed by atoms with Crippen molar-refractivity contribution in [1.82, 2.24) is 9.55 Å². The number of carbonyl (C=O) groups excluding carboxylic acids is 1. The van der Waals surface area contributed by atoms with Crippen molar-refractivity contribution in [3.8, 4) is 0 Å². The van der Waals surface area contributed by atoms with E-state index in [-0.39, 0.29) is 11.3 Å². The number of aromatic nitrogens is 2. The molecule has 0 saturated heterocycles. The molecule has 1 rings (SSSR count). The summed E-state index contributed by atoms with van der Waals surface area (Å²) < 4.78 is 1.90. The third-order valence-corrected chi connectivity index (χ3v) is 2.79. The molecule has 0 fully saturated rings. The van der Waals surface area contributed by atoms with Crippen molar-refractivity contribution < 1.29 is 4.79 Å². The first-order chi connectivity index (χ1) is 6.57. The molecule has 0 aliphatic heterocycles. The maximum absolute atomic E-state index is 11.6. The molecule has 14 heavy (non-hydrogen) atoms. The maximum atomic E-state index is 11.6. The fraction of sp³-hybridized carbons (Fsp3) is 0.444. The predicted octanol–water partition coefficient (Wildman–Crippen LogP) is 1.39. The molecule has 0 bridgehead atoms. The number of ketones is 1. The van der Waals surface area contributed by atoms with Gasteiger partial charge in [0.15, 0.2) is 5.78 Å². The lowest BCUT2D eigenvalue weighted by Gasteiger charge is -2.11. The van der Waals surface area contributed by atoms with Crippen LogP contribution in [0.25, 0.3) is 0 Å². The fourth-order valence-electron chi connectivity index (χ4n) is 1.13. The van der Waals surface area contributed by atoms with Crippen LogP contribution in [0.3, 0.4) is 0 Å². The summed E-state index contributed by atoms with van der Waals surface area (Å²) in [6.45, 7) is 3.50. The molecule has 0 radical (unpaired) electrons.